The lowest BCUT2D eigenvalue weighted by atomic mass is 9.70. The monoisotopic (exact) mass is 875 g/mol. The number of furan rings is 1. The van der Waals surface area contributed by atoms with E-state index in [0.29, 0.717) is 0 Å². The van der Waals surface area contributed by atoms with Gasteiger partial charge in [0.05, 0.1) is 27.9 Å². The van der Waals surface area contributed by atoms with Gasteiger partial charge in [-0.2, -0.15) is 0 Å². The maximum Gasteiger partial charge on any atom is 0.159 e. The molecule has 2 spiro atoms. The highest BCUT2D eigenvalue weighted by molar-refractivity contribution is 6.22. The number of anilines is 3. The number of hydrogen-bond donors (Lipinski definition) is 0. The molecule has 4 aliphatic carbocycles. The molecule has 0 saturated heterocycles. The molecular weight excluding hydrogens is 835 g/mol. The predicted octanol–water partition coefficient (Wildman–Crippen LogP) is 17.2. The molecule has 0 fully saturated rings. The third-order valence-corrected chi connectivity index (χ3v) is 16.4. The SMILES string of the molecule is Cc1cc2ccccc2c2c1oc1c(N(c3cccc4c3-c3ccccc3C43c4ccccc4-c4ccccc43)c3cccc4c3-c3ccccc3C43c4ccccc4-c4ccccc43)cccc12. The van der Waals surface area contributed by atoms with Crippen LogP contribution in [0.5, 0.6) is 0 Å². The van der Waals surface area contributed by atoms with Crippen LogP contribution in [0.3, 0.4) is 0 Å². The summed E-state index contributed by atoms with van der Waals surface area (Å²) in [4.78, 5) is 2.57. The van der Waals surface area contributed by atoms with Crippen molar-refractivity contribution in [2.45, 2.75) is 17.8 Å². The minimum atomic E-state index is -0.505. The maximum absolute atomic E-state index is 7.35. The summed E-state index contributed by atoms with van der Waals surface area (Å²) in [5.41, 5.74) is 25.9. The highest BCUT2D eigenvalue weighted by Gasteiger charge is 2.54. The van der Waals surface area contributed by atoms with Crippen LogP contribution in [0.4, 0.5) is 17.1 Å². The van der Waals surface area contributed by atoms with Crippen molar-refractivity contribution in [2.24, 2.45) is 0 Å². The molecule has 1 aromatic heterocycles. The zero-order chi connectivity index (χ0) is 45.2. The Labute approximate surface area is 400 Å². The summed E-state index contributed by atoms with van der Waals surface area (Å²) >= 11 is 0. The van der Waals surface area contributed by atoms with E-state index in [-0.39, 0.29) is 0 Å². The van der Waals surface area contributed by atoms with Crippen molar-refractivity contribution in [3.8, 4) is 44.5 Å². The van der Waals surface area contributed by atoms with Gasteiger partial charge in [0.25, 0.3) is 0 Å². The Bertz CT molecular complexity index is 3960. The van der Waals surface area contributed by atoms with Crippen LogP contribution in [-0.4, -0.2) is 0 Å². The van der Waals surface area contributed by atoms with Crippen LogP contribution < -0.4 is 4.90 Å². The molecule has 12 aromatic rings. The normalized spacial score (nSPS) is 14.4. The molecule has 0 aliphatic heterocycles. The highest BCUT2D eigenvalue weighted by Crippen LogP contribution is 2.68. The van der Waals surface area contributed by atoms with E-state index in [1.54, 1.807) is 0 Å². The average Bonchev–Trinajstić information content (AvgIpc) is 4.19. The van der Waals surface area contributed by atoms with Gasteiger partial charge in [-0.15, -0.1) is 0 Å². The van der Waals surface area contributed by atoms with Crippen molar-refractivity contribution in [3.63, 3.8) is 0 Å². The van der Waals surface area contributed by atoms with Gasteiger partial charge >= 0.3 is 0 Å². The van der Waals surface area contributed by atoms with E-state index in [4.69, 9.17) is 4.42 Å². The van der Waals surface area contributed by atoms with E-state index < -0.39 is 10.8 Å². The predicted molar refractivity (Wildman–Crippen MR) is 283 cm³/mol. The van der Waals surface area contributed by atoms with Crippen LogP contribution in [0.2, 0.25) is 0 Å². The number of benzene rings is 11. The van der Waals surface area contributed by atoms with Gasteiger partial charge in [-0.05, 0) is 125 Å². The third kappa shape index (κ3) is 4.40. The van der Waals surface area contributed by atoms with E-state index in [2.05, 4.69) is 242 Å². The van der Waals surface area contributed by atoms with Gasteiger partial charge in [0, 0.05) is 21.9 Å². The largest absolute Gasteiger partial charge is 0.454 e. The summed E-state index contributed by atoms with van der Waals surface area (Å²) in [5, 5.41) is 4.68. The summed E-state index contributed by atoms with van der Waals surface area (Å²) in [6.07, 6.45) is 0. The molecule has 1 heterocycles. The second kappa shape index (κ2) is 13.2. The van der Waals surface area contributed by atoms with Crippen molar-refractivity contribution in [2.75, 3.05) is 4.90 Å². The van der Waals surface area contributed by atoms with Crippen LogP contribution in [0.1, 0.15) is 50.1 Å². The Morgan fingerprint density at radius 3 is 1.17 bits per heavy atom. The topological polar surface area (TPSA) is 16.4 Å². The molecule has 4 aliphatic rings. The molecule has 16 rings (SSSR count). The maximum atomic E-state index is 7.35. The lowest BCUT2D eigenvalue weighted by molar-refractivity contribution is 0.666. The Hall–Kier alpha value is -8.72. The molecule has 0 bridgehead atoms. The van der Waals surface area contributed by atoms with Gasteiger partial charge in [-0.3, -0.25) is 0 Å². The first-order valence-electron chi connectivity index (χ1n) is 24.2. The second-order valence-corrected chi connectivity index (χ2v) is 19.4. The number of fused-ring (bicyclic) bond motifs is 25. The average molecular weight is 876 g/mol. The number of aryl methyl sites for hydroxylation is 1. The van der Waals surface area contributed by atoms with Crippen LogP contribution in [0.25, 0.3) is 77.2 Å². The highest BCUT2D eigenvalue weighted by atomic mass is 16.3. The Morgan fingerprint density at radius 2 is 0.681 bits per heavy atom. The third-order valence-electron chi connectivity index (χ3n) is 16.4. The molecule has 2 heteroatoms. The molecule has 2 nitrogen and oxygen atoms in total. The molecule has 0 saturated carbocycles. The van der Waals surface area contributed by atoms with Gasteiger partial charge in [-0.25, -0.2) is 0 Å². The lowest BCUT2D eigenvalue weighted by Gasteiger charge is -2.33. The minimum absolute atomic E-state index is 0.505. The van der Waals surface area contributed by atoms with E-state index in [0.717, 1.165) is 44.6 Å². The van der Waals surface area contributed by atoms with Gasteiger partial charge in [0.15, 0.2) is 5.58 Å². The zero-order valence-corrected chi connectivity index (χ0v) is 37.8. The molecular formula is C67H41NO. The molecule has 0 N–H and O–H groups in total. The van der Waals surface area contributed by atoms with E-state index in [1.807, 2.05) is 0 Å². The van der Waals surface area contributed by atoms with Crippen LogP contribution >= 0.6 is 0 Å². The first kappa shape index (κ1) is 37.4. The second-order valence-electron chi connectivity index (χ2n) is 19.4. The van der Waals surface area contributed by atoms with Gasteiger partial charge in [0.1, 0.15) is 5.58 Å². The fourth-order valence-electron chi connectivity index (χ4n) is 14.0. The molecule has 69 heavy (non-hydrogen) atoms. The first-order valence-corrected chi connectivity index (χ1v) is 24.2. The van der Waals surface area contributed by atoms with Crippen molar-refractivity contribution in [1.29, 1.82) is 0 Å². The standard InChI is InChI=1S/C67H41NO/c1-40-39-41-19-2-3-20-42(41)61-49-27-16-38-60(65(49)69-64(40)61)68(58-36-17-34-56-62(58)47-25-8-14-32-54(47)66(56)50-28-10-4-21-43(50)44-22-5-11-29-51(44)66)59-37-18-35-57-63(59)48-26-9-15-33-55(48)67(57)52-30-12-6-23-45(52)46-24-7-13-31-53(46)67/h2-39H,1H3. The molecule has 0 radical (unpaired) electrons. The first-order chi connectivity index (χ1) is 34.2. The molecule has 0 unspecified atom stereocenters. The molecule has 0 amide bonds. The molecule has 11 aromatic carbocycles. The number of para-hydroxylation sites is 1. The van der Waals surface area contributed by atoms with Gasteiger partial charge in [-0.1, -0.05) is 206 Å². The fourth-order valence-corrected chi connectivity index (χ4v) is 14.0. The van der Waals surface area contributed by atoms with E-state index in [9.17, 15) is 0 Å². The Morgan fingerprint density at radius 1 is 0.319 bits per heavy atom. The Balaban J connectivity index is 1.06. The molecule has 320 valence electrons. The van der Waals surface area contributed by atoms with Crippen LogP contribution in [-0.2, 0) is 10.8 Å². The summed E-state index contributed by atoms with van der Waals surface area (Å²) < 4.78 is 7.35. The lowest BCUT2D eigenvalue weighted by Crippen LogP contribution is -2.26. The van der Waals surface area contributed by atoms with Crippen molar-refractivity contribution in [1.82, 2.24) is 0 Å². The Kier molecular flexibility index (Phi) is 7.18. The van der Waals surface area contributed by atoms with E-state index in [1.165, 1.54) is 99.8 Å². The van der Waals surface area contributed by atoms with Crippen molar-refractivity contribution in [3.05, 3.63) is 281 Å². The molecule has 0 atom stereocenters. The summed E-state index contributed by atoms with van der Waals surface area (Å²) in [5.74, 6) is 0. The quantitative estimate of drug-likeness (QED) is 0.176. The van der Waals surface area contributed by atoms with Gasteiger partial charge < -0.3 is 9.32 Å². The summed E-state index contributed by atoms with van der Waals surface area (Å²) in [7, 11) is 0. The zero-order valence-electron chi connectivity index (χ0n) is 37.8. The van der Waals surface area contributed by atoms with Gasteiger partial charge in [0.2, 0.25) is 0 Å². The van der Waals surface area contributed by atoms with Crippen LogP contribution in [0, 0.1) is 6.92 Å². The van der Waals surface area contributed by atoms with Crippen molar-refractivity contribution < 1.29 is 4.42 Å². The van der Waals surface area contributed by atoms with Crippen LogP contribution in [0.15, 0.2) is 235 Å². The van der Waals surface area contributed by atoms with Crippen molar-refractivity contribution >= 4 is 49.8 Å². The summed E-state index contributed by atoms with van der Waals surface area (Å²) in [6, 6.07) is 86.6. The fraction of sp³-hybridized carbons (Fsp3) is 0.0448. The minimum Gasteiger partial charge on any atom is -0.454 e. The smallest absolute Gasteiger partial charge is 0.159 e. The van der Waals surface area contributed by atoms with E-state index >= 15 is 0 Å². The number of hydrogen-bond acceptors (Lipinski definition) is 2. The summed E-state index contributed by atoms with van der Waals surface area (Å²) in [6.45, 7) is 2.18. The number of nitrogens with zero attached hydrogens (tertiary/aromatic N) is 1. The number of rotatable bonds is 3.